The van der Waals surface area contributed by atoms with E-state index in [1.54, 1.807) is 0 Å². The van der Waals surface area contributed by atoms with Crippen LogP contribution in [-0.2, 0) is 4.57 Å². The molecule has 96 valence electrons. The molecule has 2 rings (SSSR count). The minimum Gasteiger partial charge on any atom is -0.480 e. The van der Waals surface area contributed by atoms with E-state index in [2.05, 4.69) is 4.98 Å². The van der Waals surface area contributed by atoms with E-state index in [1.807, 2.05) is 0 Å². The Morgan fingerprint density at radius 2 is 1.94 bits per heavy atom. The van der Waals surface area contributed by atoms with Crippen molar-refractivity contribution < 1.29 is 19.1 Å². The van der Waals surface area contributed by atoms with Gasteiger partial charge in [-0.3, -0.25) is 4.57 Å². The Hall–Kier alpha value is -0.840. The maximum Gasteiger partial charge on any atom is 0.361 e. The molecule has 0 unspecified atom stereocenters. The fraction of sp³-hybridized carbons (Fsp3) is 0.100. The van der Waals surface area contributed by atoms with Gasteiger partial charge in [0.1, 0.15) is 5.30 Å². The molecule has 2 N–H and O–H groups in total. The van der Waals surface area contributed by atoms with Crippen LogP contribution in [0.5, 0.6) is 5.88 Å². The molecule has 0 spiro atoms. The largest absolute Gasteiger partial charge is 0.480 e. The number of fused-ring (bicyclic) bond motifs is 1. The third-order valence-electron chi connectivity index (χ3n) is 2.30. The molecule has 1 heterocycles. The van der Waals surface area contributed by atoms with Gasteiger partial charge in [-0.05, 0) is 18.2 Å². The van der Waals surface area contributed by atoms with Crippen LogP contribution >= 0.6 is 30.8 Å². The van der Waals surface area contributed by atoms with Crippen molar-refractivity contribution in [2.24, 2.45) is 0 Å². The number of pyridine rings is 1. The molecule has 0 saturated carbocycles. The summed E-state index contributed by atoms with van der Waals surface area (Å²) in [6.07, 6.45) is 0. The Balaban J connectivity index is 2.86. The minimum atomic E-state index is -4.49. The van der Waals surface area contributed by atoms with Gasteiger partial charge in [-0.1, -0.05) is 23.2 Å². The van der Waals surface area contributed by atoms with Gasteiger partial charge in [0.15, 0.2) is 0 Å². The SMILES string of the molecule is COc1nc2cc(Cl)cc(Cl)c2cc1P(=O)(O)O. The summed E-state index contributed by atoms with van der Waals surface area (Å²) in [6, 6.07) is 4.28. The van der Waals surface area contributed by atoms with E-state index in [4.69, 9.17) is 27.9 Å². The number of methoxy groups -OCH3 is 1. The molecule has 18 heavy (non-hydrogen) atoms. The second-order valence-electron chi connectivity index (χ2n) is 3.52. The van der Waals surface area contributed by atoms with Crippen LogP contribution in [0.3, 0.4) is 0 Å². The number of hydrogen-bond donors (Lipinski definition) is 2. The summed E-state index contributed by atoms with van der Waals surface area (Å²) in [4.78, 5) is 22.5. The molecule has 0 aliphatic rings. The van der Waals surface area contributed by atoms with Gasteiger partial charge in [0.05, 0.1) is 17.6 Å². The Morgan fingerprint density at radius 3 is 2.50 bits per heavy atom. The van der Waals surface area contributed by atoms with Gasteiger partial charge in [0.2, 0.25) is 5.88 Å². The van der Waals surface area contributed by atoms with E-state index in [0.717, 1.165) is 0 Å². The van der Waals surface area contributed by atoms with Gasteiger partial charge in [-0.15, -0.1) is 0 Å². The molecule has 5 nitrogen and oxygen atoms in total. The van der Waals surface area contributed by atoms with E-state index in [9.17, 15) is 14.4 Å². The molecule has 0 aliphatic carbocycles. The monoisotopic (exact) mass is 307 g/mol. The Kier molecular flexibility index (Phi) is 3.54. The number of ether oxygens (including phenoxy) is 1. The van der Waals surface area contributed by atoms with Crippen LogP contribution in [0.2, 0.25) is 10.0 Å². The highest BCUT2D eigenvalue weighted by atomic mass is 35.5. The van der Waals surface area contributed by atoms with Gasteiger partial charge >= 0.3 is 7.60 Å². The van der Waals surface area contributed by atoms with Crippen molar-refractivity contribution in [3.8, 4) is 5.88 Å². The highest BCUT2D eigenvalue weighted by molar-refractivity contribution is 7.60. The second kappa shape index (κ2) is 4.68. The summed E-state index contributed by atoms with van der Waals surface area (Å²) in [7, 11) is -3.21. The van der Waals surface area contributed by atoms with Crippen molar-refractivity contribution in [3.05, 3.63) is 28.2 Å². The maximum atomic E-state index is 11.3. The topological polar surface area (TPSA) is 79.7 Å². The first kappa shape index (κ1) is 13.6. The van der Waals surface area contributed by atoms with Gasteiger partial charge < -0.3 is 14.5 Å². The zero-order chi connectivity index (χ0) is 13.5. The molecule has 0 atom stereocenters. The highest BCUT2D eigenvalue weighted by Gasteiger charge is 2.25. The Morgan fingerprint density at radius 1 is 1.28 bits per heavy atom. The first-order chi connectivity index (χ1) is 8.32. The quantitative estimate of drug-likeness (QED) is 0.833. The average molecular weight is 308 g/mol. The van der Waals surface area contributed by atoms with Gasteiger partial charge in [-0.25, -0.2) is 4.98 Å². The maximum absolute atomic E-state index is 11.3. The molecular weight excluding hydrogens is 300 g/mol. The summed E-state index contributed by atoms with van der Waals surface area (Å²) in [5.74, 6) is -0.144. The lowest BCUT2D eigenvalue weighted by atomic mass is 10.2. The zero-order valence-electron chi connectivity index (χ0n) is 9.09. The van der Waals surface area contributed by atoms with Gasteiger partial charge in [-0.2, -0.15) is 0 Å². The third kappa shape index (κ3) is 2.46. The molecule has 0 bridgehead atoms. The molecule has 0 fully saturated rings. The number of nitrogens with zero attached hydrogens (tertiary/aromatic N) is 1. The van der Waals surface area contributed by atoms with E-state index in [0.29, 0.717) is 15.9 Å². The normalized spacial score (nSPS) is 11.8. The summed E-state index contributed by atoms with van der Waals surface area (Å²) < 4.78 is 16.2. The number of rotatable bonds is 2. The lowest BCUT2D eigenvalue weighted by Gasteiger charge is -2.11. The highest BCUT2D eigenvalue weighted by Crippen LogP contribution is 2.39. The van der Waals surface area contributed by atoms with Crippen molar-refractivity contribution in [1.29, 1.82) is 0 Å². The predicted octanol–water partition coefficient (Wildman–Crippen LogP) is 2.35. The fourth-order valence-electron chi connectivity index (χ4n) is 1.53. The molecule has 8 heteroatoms. The second-order valence-corrected chi connectivity index (χ2v) is 5.93. The number of hydrogen-bond acceptors (Lipinski definition) is 3. The summed E-state index contributed by atoms with van der Waals surface area (Å²) >= 11 is 11.8. The third-order valence-corrected chi connectivity index (χ3v) is 3.78. The summed E-state index contributed by atoms with van der Waals surface area (Å²) in [5.41, 5.74) is 0.404. The van der Waals surface area contributed by atoms with Gasteiger partial charge in [0.25, 0.3) is 0 Å². The lowest BCUT2D eigenvalue weighted by molar-refractivity contribution is 0.377. The van der Waals surface area contributed by atoms with E-state index in [1.165, 1.54) is 25.3 Å². The van der Waals surface area contributed by atoms with Crippen LogP contribution in [-0.4, -0.2) is 21.9 Å². The molecule has 0 radical (unpaired) electrons. The summed E-state index contributed by atoms with van der Waals surface area (Å²) in [5, 5.41) is 0.746. The van der Waals surface area contributed by atoms with E-state index in [-0.39, 0.29) is 16.2 Å². The average Bonchev–Trinajstić information content (AvgIpc) is 2.25. The van der Waals surface area contributed by atoms with Crippen LogP contribution in [0.1, 0.15) is 0 Å². The van der Waals surface area contributed by atoms with Crippen molar-refractivity contribution >= 4 is 47.0 Å². The zero-order valence-corrected chi connectivity index (χ0v) is 11.5. The lowest BCUT2D eigenvalue weighted by Crippen LogP contribution is -2.10. The van der Waals surface area contributed by atoms with E-state index < -0.39 is 7.60 Å². The molecule has 1 aromatic heterocycles. The number of benzene rings is 1. The first-order valence-electron chi connectivity index (χ1n) is 4.73. The van der Waals surface area contributed by atoms with Crippen molar-refractivity contribution in [2.45, 2.75) is 0 Å². The fourth-order valence-corrected chi connectivity index (χ4v) is 2.76. The minimum absolute atomic E-state index is 0.144. The molecular formula is C10H8Cl2NO4P. The van der Waals surface area contributed by atoms with Crippen LogP contribution in [0.15, 0.2) is 18.2 Å². The van der Waals surface area contributed by atoms with Crippen LogP contribution < -0.4 is 10.0 Å². The number of aromatic nitrogens is 1. The predicted molar refractivity (Wildman–Crippen MR) is 70.0 cm³/mol. The smallest absolute Gasteiger partial charge is 0.361 e. The van der Waals surface area contributed by atoms with Crippen LogP contribution in [0.25, 0.3) is 10.9 Å². The molecule has 0 saturated heterocycles. The molecule has 0 aliphatic heterocycles. The summed E-state index contributed by atoms with van der Waals surface area (Å²) in [6.45, 7) is 0. The van der Waals surface area contributed by atoms with Crippen molar-refractivity contribution in [1.82, 2.24) is 4.98 Å². The van der Waals surface area contributed by atoms with E-state index >= 15 is 0 Å². The Bertz CT molecular complexity index is 670. The van der Waals surface area contributed by atoms with Gasteiger partial charge in [0, 0.05) is 10.4 Å². The van der Waals surface area contributed by atoms with Crippen LogP contribution in [0, 0.1) is 0 Å². The molecule has 0 amide bonds. The molecule has 1 aromatic carbocycles. The Labute approximate surface area is 112 Å². The number of halogens is 2. The first-order valence-corrected chi connectivity index (χ1v) is 7.09. The van der Waals surface area contributed by atoms with Crippen molar-refractivity contribution in [3.63, 3.8) is 0 Å². The van der Waals surface area contributed by atoms with Crippen LogP contribution in [0.4, 0.5) is 0 Å². The standard InChI is InChI=1S/C10H8Cl2NO4P/c1-17-10-9(18(14,15)16)4-6-7(12)2-5(11)3-8(6)13-10/h2-4H,1H3,(H2,14,15,16). The molecule has 2 aromatic rings. The van der Waals surface area contributed by atoms with Crippen molar-refractivity contribution in [2.75, 3.05) is 7.11 Å².